The van der Waals surface area contributed by atoms with Gasteiger partial charge in [0.1, 0.15) is 11.4 Å². The Morgan fingerprint density at radius 2 is 1.91 bits per heavy atom. The van der Waals surface area contributed by atoms with E-state index in [1.165, 1.54) is 23.1 Å². The lowest BCUT2D eigenvalue weighted by Gasteiger charge is -2.41. The summed E-state index contributed by atoms with van der Waals surface area (Å²) in [5.74, 6) is -0.308. The van der Waals surface area contributed by atoms with E-state index in [2.05, 4.69) is 19.2 Å². The summed E-state index contributed by atoms with van der Waals surface area (Å²) in [5.41, 5.74) is -0.540. The zero-order valence-corrected chi connectivity index (χ0v) is 20.7. The van der Waals surface area contributed by atoms with Crippen LogP contribution in [0.5, 0.6) is 0 Å². The van der Waals surface area contributed by atoms with Crippen LogP contribution in [0.1, 0.15) is 45.1 Å². The molecule has 3 rings (SSSR count). The molecule has 2 fully saturated rings. The van der Waals surface area contributed by atoms with Gasteiger partial charge in [-0.25, -0.2) is 9.18 Å². The molecule has 0 aliphatic carbocycles. The van der Waals surface area contributed by atoms with Crippen LogP contribution in [0.25, 0.3) is 6.08 Å². The van der Waals surface area contributed by atoms with Gasteiger partial charge in [-0.2, -0.15) is 0 Å². The van der Waals surface area contributed by atoms with Crippen molar-refractivity contribution in [1.29, 1.82) is 0 Å². The van der Waals surface area contributed by atoms with Crippen molar-refractivity contribution < 1.29 is 18.8 Å². The van der Waals surface area contributed by atoms with E-state index >= 15 is 0 Å². The Morgan fingerprint density at radius 3 is 2.53 bits per heavy atom. The Kier molecular flexibility index (Phi) is 8.47. The molecule has 1 unspecified atom stereocenters. The van der Waals surface area contributed by atoms with Crippen LogP contribution in [0, 0.1) is 17.7 Å². The summed E-state index contributed by atoms with van der Waals surface area (Å²) in [6, 6.07) is 6.01. The monoisotopic (exact) mass is 472 g/mol. The molecule has 1 N–H and O–H groups in total. The predicted molar refractivity (Wildman–Crippen MR) is 130 cm³/mol. The quantitative estimate of drug-likeness (QED) is 0.442. The van der Waals surface area contributed by atoms with Gasteiger partial charge in [0.2, 0.25) is 5.91 Å². The van der Waals surface area contributed by atoms with Gasteiger partial charge in [0.25, 0.3) is 5.91 Å². The van der Waals surface area contributed by atoms with Gasteiger partial charge in [0, 0.05) is 37.8 Å². The summed E-state index contributed by atoms with van der Waals surface area (Å²) in [4.78, 5) is 44.1. The van der Waals surface area contributed by atoms with E-state index in [1.807, 2.05) is 19.0 Å². The average Bonchev–Trinajstić information content (AvgIpc) is 3.05. The van der Waals surface area contributed by atoms with Crippen molar-refractivity contribution in [3.63, 3.8) is 0 Å². The van der Waals surface area contributed by atoms with E-state index in [9.17, 15) is 18.8 Å². The summed E-state index contributed by atoms with van der Waals surface area (Å²) in [5, 5.41) is 3.07. The zero-order chi connectivity index (χ0) is 24.9. The lowest BCUT2D eigenvalue weighted by atomic mass is 9.74. The number of piperidine rings is 1. The van der Waals surface area contributed by atoms with E-state index in [0.29, 0.717) is 56.9 Å². The molecule has 2 aliphatic heterocycles. The van der Waals surface area contributed by atoms with Crippen LogP contribution in [0.2, 0.25) is 0 Å². The van der Waals surface area contributed by atoms with Gasteiger partial charge < -0.3 is 15.1 Å². The zero-order valence-electron chi connectivity index (χ0n) is 20.7. The second kappa shape index (κ2) is 11.1. The maximum atomic E-state index is 13.8. The molecule has 1 atom stereocenters. The molecule has 0 spiro atoms. The van der Waals surface area contributed by atoms with Crippen molar-refractivity contribution in [3.05, 3.63) is 41.7 Å². The number of likely N-dealkylation sites (N-methyl/N-ethyl adjacent to an activating group) is 1. The first-order valence-corrected chi connectivity index (χ1v) is 12.1. The number of urea groups is 1. The maximum absolute atomic E-state index is 13.8. The number of benzene rings is 1. The molecule has 7 nitrogen and oxygen atoms in total. The molecule has 8 heteroatoms. The van der Waals surface area contributed by atoms with Crippen molar-refractivity contribution in [2.45, 2.75) is 45.1 Å². The highest BCUT2D eigenvalue weighted by Crippen LogP contribution is 2.38. The summed E-state index contributed by atoms with van der Waals surface area (Å²) >= 11 is 0. The van der Waals surface area contributed by atoms with Gasteiger partial charge >= 0.3 is 6.03 Å². The number of nitrogens with one attached hydrogen (secondary N) is 1. The molecule has 2 aliphatic rings. The Labute approximate surface area is 202 Å². The van der Waals surface area contributed by atoms with Crippen LogP contribution in [0.15, 0.2) is 30.3 Å². The molecule has 1 aromatic rings. The number of hydrogen-bond acceptors (Lipinski definition) is 4. The number of halogens is 1. The number of likely N-dealkylation sites (tertiary alicyclic amines) is 1. The van der Waals surface area contributed by atoms with Crippen LogP contribution < -0.4 is 5.32 Å². The third kappa shape index (κ3) is 5.84. The topological polar surface area (TPSA) is 73.0 Å². The smallest absolute Gasteiger partial charge is 0.325 e. The molecule has 0 bridgehead atoms. The van der Waals surface area contributed by atoms with Crippen LogP contribution >= 0.6 is 0 Å². The fraction of sp³-hybridized carbons (Fsp3) is 0.577. The lowest BCUT2D eigenvalue weighted by molar-refractivity contribution is -0.135. The number of carbonyl (C=O) groups excluding carboxylic acids is 3. The minimum absolute atomic E-state index is 0.0355. The summed E-state index contributed by atoms with van der Waals surface area (Å²) in [6.45, 7) is 6.19. The molecule has 4 amide bonds. The van der Waals surface area contributed by atoms with Crippen molar-refractivity contribution >= 4 is 23.9 Å². The van der Waals surface area contributed by atoms with Crippen molar-refractivity contribution in [2.24, 2.45) is 11.8 Å². The highest BCUT2D eigenvalue weighted by molar-refractivity contribution is 6.07. The normalized spacial score (nSPS) is 21.9. The molecular formula is C26H37FN4O3. The summed E-state index contributed by atoms with van der Waals surface area (Å²) < 4.78 is 13.8. The highest BCUT2D eigenvalue weighted by Gasteiger charge is 2.55. The standard InChI is InChI=1S/C26H37FN4O3/c1-19(2)11-14-26(24(33)31(25(34)28-26)18-17-29(3)4)21-12-15-30(16-13-21)23(32)10-9-20-7-5-6-8-22(20)27/h5-10,19,21H,11-18H2,1-4H3,(H,28,34)/b10-9+. The average molecular weight is 473 g/mol. The first-order valence-electron chi connectivity index (χ1n) is 12.1. The number of rotatable bonds is 9. The van der Waals surface area contributed by atoms with E-state index < -0.39 is 5.54 Å². The molecule has 1 aromatic carbocycles. The van der Waals surface area contributed by atoms with Gasteiger partial charge in [0.15, 0.2) is 0 Å². The largest absolute Gasteiger partial charge is 0.339 e. The second-order valence-corrected chi connectivity index (χ2v) is 10.0. The predicted octanol–water partition coefficient (Wildman–Crippen LogP) is 3.37. The van der Waals surface area contributed by atoms with E-state index in [4.69, 9.17) is 0 Å². The number of hydrogen-bond donors (Lipinski definition) is 1. The first-order chi connectivity index (χ1) is 16.1. The summed E-state index contributed by atoms with van der Waals surface area (Å²) in [7, 11) is 3.83. The molecule has 0 aromatic heterocycles. The van der Waals surface area contributed by atoms with Gasteiger partial charge in [-0.1, -0.05) is 32.0 Å². The highest BCUT2D eigenvalue weighted by atomic mass is 19.1. The maximum Gasteiger partial charge on any atom is 0.325 e. The minimum Gasteiger partial charge on any atom is -0.339 e. The number of carbonyl (C=O) groups is 3. The van der Waals surface area contributed by atoms with Crippen LogP contribution in [0.3, 0.4) is 0 Å². The Balaban J connectivity index is 1.69. The molecule has 186 valence electrons. The third-order valence-electron chi connectivity index (χ3n) is 6.90. The minimum atomic E-state index is -0.911. The van der Waals surface area contributed by atoms with Crippen molar-refractivity contribution in [3.8, 4) is 0 Å². The fourth-order valence-corrected chi connectivity index (χ4v) is 4.78. The van der Waals surface area contributed by atoms with E-state index in [1.54, 1.807) is 23.1 Å². The van der Waals surface area contributed by atoms with Gasteiger partial charge in [0.05, 0.1) is 0 Å². The van der Waals surface area contributed by atoms with Crippen LogP contribution in [-0.2, 0) is 9.59 Å². The number of nitrogens with zero attached hydrogens (tertiary/aromatic N) is 3. The molecule has 2 heterocycles. The SMILES string of the molecule is CC(C)CCC1(C2CCN(C(=O)/C=C/c3ccccc3F)CC2)NC(=O)N(CCN(C)C)C1=O. The Morgan fingerprint density at radius 1 is 1.24 bits per heavy atom. The van der Waals surface area contributed by atoms with Gasteiger partial charge in [-0.05, 0) is 63.8 Å². The van der Waals surface area contributed by atoms with Crippen LogP contribution in [0.4, 0.5) is 9.18 Å². The molecule has 0 saturated carbocycles. The van der Waals surface area contributed by atoms with Crippen molar-refractivity contribution in [2.75, 3.05) is 40.3 Å². The molecule has 34 heavy (non-hydrogen) atoms. The third-order valence-corrected chi connectivity index (χ3v) is 6.90. The number of amides is 4. The summed E-state index contributed by atoms with van der Waals surface area (Å²) in [6.07, 6.45) is 5.59. The van der Waals surface area contributed by atoms with E-state index in [-0.39, 0.29) is 29.6 Å². The second-order valence-electron chi connectivity index (χ2n) is 10.0. The Hall–Kier alpha value is -2.74. The van der Waals surface area contributed by atoms with E-state index in [0.717, 1.165) is 6.42 Å². The first kappa shape index (κ1) is 25.9. The fourth-order valence-electron chi connectivity index (χ4n) is 4.78. The lowest BCUT2D eigenvalue weighted by Crippen LogP contribution is -2.56. The van der Waals surface area contributed by atoms with Gasteiger partial charge in [-0.15, -0.1) is 0 Å². The molecular weight excluding hydrogens is 435 g/mol. The molecule has 2 saturated heterocycles. The number of imide groups is 1. The Bertz CT molecular complexity index is 924. The van der Waals surface area contributed by atoms with Gasteiger partial charge in [-0.3, -0.25) is 14.5 Å². The molecule has 0 radical (unpaired) electrons. The van der Waals surface area contributed by atoms with Crippen molar-refractivity contribution in [1.82, 2.24) is 20.0 Å². The van der Waals surface area contributed by atoms with Crippen LogP contribution in [-0.4, -0.2) is 78.4 Å².